The lowest BCUT2D eigenvalue weighted by atomic mass is 9.96. The van der Waals surface area contributed by atoms with Crippen molar-refractivity contribution in [1.82, 2.24) is 4.90 Å². The summed E-state index contributed by atoms with van der Waals surface area (Å²) in [5.41, 5.74) is 1.35. The topological polar surface area (TPSA) is 20.3 Å². The maximum atomic E-state index is 11.5. The Morgan fingerprint density at radius 3 is 2.53 bits per heavy atom. The lowest BCUT2D eigenvalue weighted by Crippen LogP contribution is -2.42. The van der Waals surface area contributed by atoms with Gasteiger partial charge in [-0.3, -0.25) is 9.69 Å². The Kier molecular flexibility index (Phi) is 7.42. The molecular formula is C17H27NO. The molecular weight excluding hydrogens is 234 g/mol. The fourth-order valence-corrected chi connectivity index (χ4v) is 2.59. The first kappa shape index (κ1) is 15.9. The van der Waals surface area contributed by atoms with Gasteiger partial charge >= 0.3 is 0 Å². The van der Waals surface area contributed by atoms with Gasteiger partial charge in [-0.05, 0) is 12.0 Å². The van der Waals surface area contributed by atoms with Gasteiger partial charge in [0.1, 0.15) is 5.78 Å². The molecule has 1 saturated heterocycles. The molecule has 0 N–H and O–H groups in total. The number of hydrogen-bond donors (Lipinski definition) is 0. The summed E-state index contributed by atoms with van der Waals surface area (Å²) in [7, 11) is 0. The Morgan fingerprint density at radius 1 is 1.21 bits per heavy atom. The van der Waals surface area contributed by atoms with Crippen LogP contribution in [0.1, 0.15) is 52.0 Å². The number of carbonyl (C=O) groups is 1. The maximum absolute atomic E-state index is 11.5. The van der Waals surface area contributed by atoms with E-state index in [1.54, 1.807) is 0 Å². The third kappa shape index (κ3) is 5.15. The lowest BCUT2D eigenvalue weighted by molar-refractivity contribution is -0.123. The molecule has 1 aromatic rings. The quantitative estimate of drug-likeness (QED) is 0.815. The van der Waals surface area contributed by atoms with Crippen LogP contribution in [-0.4, -0.2) is 23.3 Å². The second-order valence-electron chi connectivity index (χ2n) is 4.89. The van der Waals surface area contributed by atoms with E-state index in [0.29, 0.717) is 11.8 Å². The zero-order valence-corrected chi connectivity index (χ0v) is 12.6. The smallest absolute Gasteiger partial charge is 0.135 e. The second-order valence-corrected chi connectivity index (χ2v) is 4.89. The summed E-state index contributed by atoms with van der Waals surface area (Å²) < 4.78 is 0. The van der Waals surface area contributed by atoms with Crippen LogP contribution in [0.15, 0.2) is 30.3 Å². The zero-order valence-electron chi connectivity index (χ0n) is 12.6. The number of carbonyl (C=O) groups excluding carboxylic acids is 1. The van der Waals surface area contributed by atoms with Crippen LogP contribution in [0.2, 0.25) is 0 Å². The fourth-order valence-electron chi connectivity index (χ4n) is 2.59. The van der Waals surface area contributed by atoms with Gasteiger partial charge in [-0.25, -0.2) is 0 Å². The van der Waals surface area contributed by atoms with Gasteiger partial charge in [0.15, 0.2) is 0 Å². The summed E-state index contributed by atoms with van der Waals surface area (Å²) in [6.45, 7) is 8.11. The highest BCUT2D eigenvalue weighted by Gasteiger charge is 2.25. The summed E-state index contributed by atoms with van der Waals surface area (Å²) in [6.07, 6.45) is 3.77. The maximum Gasteiger partial charge on any atom is 0.135 e. The minimum Gasteiger partial charge on any atom is -0.300 e. The van der Waals surface area contributed by atoms with Crippen LogP contribution < -0.4 is 0 Å². The molecule has 0 aromatic heterocycles. The van der Waals surface area contributed by atoms with Crippen LogP contribution in [0.5, 0.6) is 0 Å². The monoisotopic (exact) mass is 261 g/mol. The van der Waals surface area contributed by atoms with Gasteiger partial charge < -0.3 is 0 Å². The molecule has 0 saturated carbocycles. The normalized spacial score (nSPS) is 19.7. The number of hydrogen-bond acceptors (Lipinski definition) is 2. The molecule has 0 spiro atoms. The van der Waals surface area contributed by atoms with E-state index < -0.39 is 0 Å². The molecule has 2 heteroatoms. The van der Waals surface area contributed by atoms with Crippen molar-refractivity contribution in [3.05, 3.63) is 35.9 Å². The molecule has 0 bridgehead atoms. The molecule has 1 unspecified atom stereocenters. The van der Waals surface area contributed by atoms with Crippen molar-refractivity contribution < 1.29 is 4.79 Å². The summed E-state index contributed by atoms with van der Waals surface area (Å²) in [6, 6.07) is 11.0. The number of Topliss-reactive ketones (excluding diaryl/α,β-unsaturated/α-hetero) is 1. The van der Waals surface area contributed by atoms with Crippen LogP contribution in [0.4, 0.5) is 0 Å². The number of likely N-dealkylation sites (tertiary alicyclic amines) is 1. The average molecular weight is 261 g/mol. The SMILES string of the molecule is CC.CCCC1CC(=O)CCN1Cc1ccccc1. The van der Waals surface area contributed by atoms with E-state index in [2.05, 4.69) is 36.1 Å². The number of benzene rings is 1. The van der Waals surface area contributed by atoms with Crippen molar-refractivity contribution in [3.63, 3.8) is 0 Å². The molecule has 0 radical (unpaired) electrons. The third-order valence-electron chi connectivity index (χ3n) is 3.51. The van der Waals surface area contributed by atoms with Crippen molar-refractivity contribution in [2.75, 3.05) is 6.54 Å². The number of rotatable bonds is 4. The summed E-state index contributed by atoms with van der Waals surface area (Å²) in [4.78, 5) is 14.0. The lowest BCUT2D eigenvalue weighted by Gasteiger charge is -2.35. The Labute approximate surface area is 117 Å². The first-order chi connectivity index (χ1) is 9.29. The molecule has 0 amide bonds. The van der Waals surface area contributed by atoms with Gasteiger partial charge in [0.05, 0.1) is 0 Å². The van der Waals surface area contributed by atoms with Gasteiger partial charge in [-0.2, -0.15) is 0 Å². The van der Waals surface area contributed by atoms with Crippen LogP contribution in [-0.2, 0) is 11.3 Å². The molecule has 2 rings (SSSR count). The van der Waals surface area contributed by atoms with E-state index >= 15 is 0 Å². The van der Waals surface area contributed by atoms with Crippen molar-refractivity contribution in [2.45, 2.75) is 59.0 Å². The van der Waals surface area contributed by atoms with Crippen molar-refractivity contribution in [2.24, 2.45) is 0 Å². The minimum atomic E-state index is 0.438. The summed E-state index contributed by atoms with van der Waals surface area (Å²) >= 11 is 0. The van der Waals surface area contributed by atoms with E-state index in [9.17, 15) is 4.79 Å². The predicted molar refractivity (Wildman–Crippen MR) is 81.1 cm³/mol. The number of piperidine rings is 1. The van der Waals surface area contributed by atoms with E-state index in [-0.39, 0.29) is 0 Å². The molecule has 1 atom stereocenters. The van der Waals surface area contributed by atoms with Crippen LogP contribution >= 0.6 is 0 Å². The highest BCUT2D eigenvalue weighted by Crippen LogP contribution is 2.20. The van der Waals surface area contributed by atoms with E-state index in [1.807, 2.05) is 19.9 Å². The molecule has 1 aliphatic rings. The molecule has 19 heavy (non-hydrogen) atoms. The van der Waals surface area contributed by atoms with Crippen molar-refractivity contribution in [1.29, 1.82) is 0 Å². The highest BCUT2D eigenvalue weighted by molar-refractivity contribution is 5.79. The zero-order chi connectivity index (χ0) is 14.1. The Balaban J connectivity index is 0.000000861. The molecule has 1 aromatic carbocycles. The van der Waals surface area contributed by atoms with Gasteiger partial charge in [0.25, 0.3) is 0 Å². The van der Waals surface area contributed by atoms with Crippen LogP contribution in [0.25, 0.3) is 0 Å². The average Bonchev–Trinajstić information content (AvgIpc) is 2.46. The second kappa shape index (κ2) is 8.87. The van der Waals surface area contributed by atoms with Gasteiger partial charge in [-0.1, -0.05) is 57.5 Å². The number of nitrogens with zero attached hydrogens (tertiary/aromatic N) is 1. The Hall–Kier alpha value is -1.15. The fraction of sp³-hybridized carbons (Fsp3) is 0.588. The third-order valence-corrected chi connectivity index (χ3v) is 3.51. The van der Waals surface area contributed by atoms with Gasteiger partial charge in [0, 0.05) is 32.0 Å². The van der Waals surface area contributed by atoms with Crippen molar-refractivity contribution in [3.8, 4) is 0 Å². The van der Waals surface area contributed by atoms with E-state index in [4.69, 9.17) is 0 Å². The standard InChI is InChI=1S/C15H21NO.C2H6/c1-2-6-14-11-15(17)9-10-16(14)12-13-7-4-3-5-8-13;1-2/h3-5,7-8,14H,2,6,9-12H2,1H3;1-2H3. The molecule has 1 heterocycles. The summed E-state index contributed by atoms with van der Waals surface area (Å²) in [5, 5.41) is 0. The molecule has 2 nitrogen and oxygen atoms in total. The molecule has 106 valence electrons. The molecule has 0 aliphatic carbocycles. The van der Waals surface area contributed by atoms with Crippen molar-refractivity contribution >= 4 is 5.78 Å². The Bertz CT molecular complexity index is 361. The minimum absolute atomic E-state index is 0.438. The first-order valence-corrected chi connectivity index (χ1v) is 7.59. The van der Waals surface area contributed by atoms with Gasteiger partial charge in [-0.15, -0.1) is 0 Å². The first-order valence-electron chi connectivity index (χ1n) is 7.59. The van der Waals surface area contributed by atoms with E-state index in [0.717, 1.165) is 38.8 Å². The van der Waals surface area contributed by atoms with Crippen LogP contribution in [0, 0.1) is 0 Å². The predicted octanol–water partition coefficient (Wildman–Crippen LogP) is 4.05. The van der Waals surface area contributed by atoms with Crippen LogP contribution in [0.3, 0.4) is 0 Å². The largest absolute Gasteiger partial charge is 0.300 e. The molecule has 1 aliphatic heterocycles. The Morgan fingerprint density at radius 2 is 1.89 bits per heavy atom. The summed E-state index contributed by atoms with van der Waals surface area (Å²) in [5.74, 6) is 0.438. The van der Waals surface area contributed by atoms with Gasteiger partial charge in [0.2, 0.25) is 0 Å². The van der Waals surface area contributed by atoms with E-state index in [1.165, 1.54) is 5.56 Å². The number of ketones is 1. The molecule has 1 fully saturated rings. The highest BCUT2D eigenvalue weighted by atomic mass is 16.1.